The summed E-state index contributed by atoms with van der Waals surface area (Å²) in [4.78, 5) is 0.0506. The molecule has 7 nitrogen and oxygen atoms in total. The molecule has 0 bridgehead atoms. The number of ether oxygens (including phenoxy) is 1. The van der Waals surface area contributed by atoms with Gasteiger partial charge in [0.15, 0.2) is 0 Å². The van der Waals surface area contributed by atoms with Crippen molar-refractivity contribution in [3.8, 4) is 17.6 Å². The molecule has 0 unspecified atom stereocenters. The molecule has 0 aliphatic carbocycles. The van der Waals surface area contributed by atoms with E-state index in [1.807, 2.05) is 14.0 Å². The first kappa shape index (κ1) is 22.7. The minimum atomic E-state index is -3.86. The Morgan fingerprint density at radius 3 is 2.68 bits per heavy atom. The largest absolute Gasteiger partial charge is 0.487 e. The highest BCUT2D eigenvalue weighted by Crippen LogP contribution is 2.33. The zero-order valence-electron chi connectivity index (χ0n) is 17.1. The average Bonchev–Trinajstić information content (AvgIpc) is 2.61. The Hall–Kier alpha value is -1.63. The zero-order valence-corrected chi connectivity index (χ0v) is 17.9. The van der Waals surface area contributed by atoms with Crippen molar-refractivity contribution in [3.63, 3.8) is 0 Å². The second kappa shape index (κ2) is 8.80. The number of benzene rings is 1. The molecule has 8 heteroatoms. The van der Waals surface area contributed by atoms with Crippen molar-refractivity contribution in [1.29, 1.82) is 0 Å². The van der Waals surface area contributed by atoms with Crippen LogP contribution >= 0.6 is 0 Å². The number of sulfonamides is 1. The lowest BCUT2D eigenvalue weighted by Gasteiger charge is -2.36. The molecule has 0 saturated carbocycles. The number of likely N-dealkylation sites (N-methyl/N-ethyl adjacent to an activating group) is 1. The van der Waals surface area contributed by atoms with E-state index < -0.39 is 21.7 Å². The summed E-state index contributed by atoms with van der Waals surface area (Å²) < 4.78 is 34.0. The lowest BCUT2D eigenvalue weighted by molar-refractivity contribution is 0.103. The summed E-state index contributed by atoms with van der Waals surface area (Å²) in [6, 6.07) is 4.11. The van der Waals surface area contributed by atoms with E-state index in [1.165, 1.54) is 10.4 Å². The third-order valence-corrected chi connectivity index (χ3v) is 6.60. The SMILES string of the molecule is CNC[C@H]1Oc2cc(C#CC(C)(C)O)ccc2S(=O)(=O)N([C@@H](C)CO)C[C@@H]1C. The Bertz CT molecular complexity index is 852. The van der Waals surface area contributed by atoms with E-state index in [4.69, 9.17) is 4.74 Å². The summed E-state index contributed by atoms with van der Waals surface area (Å²) in [5.41, 5.74) is -0.609. The van der Waals surface area contributed by atoms with Crippen LogP contribution in [0.15, 0.2) is 23.1 Å². The summed E-state index contributed by atoms with van der Waals surface area (Å²) in [6.07, 6.45) is -0.259. The van der Waals surface area contributed by atoms with Crippen molar-refractivity contribution < 1.29 is 23.4 Å². The van der Waals surface area contributed by atoms with Crippen LogP contribution in [0.4, 0.5) is 0 Å². The van der Waals surface area contributed by atoms with Gasteiger partial charge < -0.3 is 20.3 Å². The fourth-order valence-corrected chi connectivity index (χ4v) is 4.80. The van der Waals surface area contributed by atoms with Crippen LogP contribution in [0.25, 0.3) is 0 Å². The van der Waals surface area contributed by atoms with E-state index in [0.717, 1.165) is 0 Å². The van der Waals surface area contributed by atoms with Gasteiger partial charge in [0.05, 0.1) is 6.61 Å². The number of aliphatic hydroxyl groups excluding tert-OH is 1. The number of hydrogen-bond donors (Lipinski definition) is 3. The third-order valence-electron chi connectivity index (χ3n) is 4.59. The van der Waals surface area contributed by atoms with E-state index in [0.29, 0.717) is 12.1 Å². The van der Waals surface area contributed by atoms with Crippen molar-refractivity contribution in [1.82, 2.24) is 9.62 Å². The summed E-state index contributed by atoms with van der Waals surface area (Å²) >= 11 is 0. The molecule has 0 radical (unpaired) electrons. The van der Waals surface area contributed by atoms with Crippen LogP contribution in [0.5, 0.6) is 5.75 Å². The summed E-state index contributed by atoms with van der Waals surface area (Å²) in [5, 5.41) is 22.5. The van der Waals surface area contributed by atoms with Gasteiger partial charge in [-0.15, -0.1) is 0 Å². The zero-order chi connectivity index (χ0) is 21.1. The molecule has 1 aliphatic rings. The van der Waals surface area contributed by atoms with E-state index in [9.17, 15) is 18.6 Å². The van der Waals surface area contributed by atoms with Crippen molar-refractivity contribution >= 4 is 10.0 Å². The fraction of sp³-hybridized carbons (Fsp3) is 0.600. The van der Waals surface area contributed by atoms with Gasteiger partial charge in [0.25, 0.3) is 0 Å². The number of hydrogen-bond acceptors (Lipinski definition) is 6. The first-order valence-corrected chi connectivity index (χ1v) is 10.8. The molecule has 1 aromatic carbocycles. The predicted octanol–water partition coefficient (Wildman–Crippen LogP) is 0.797. The molecular formula is C20H30N2O5S. The highest BCUT2D eigenvalue weighted by atomic mass is 32.2. The van der Waals surface area contributed by atoms with Crippen molar-refractivity contribution in [2.24, 2.45) is 5.92 Å². The van der Waals surface area contributed by atoms with Crippen LogP contribution in [-0.2, 0) is 10.0 Å². The normalized spacial score (nSPS) is 23.4. The first-order chi connectivity index (χ1) is 13.0. The van der Waals surface area contributed by atoms with Gasteiger partial charge in [-0.05, 0) is 46.0 Å². The average molecular weight is 411 g/mol. The molecule has 28 heavy (non-hydrogen) atoms. The van der Waals surface area contributed by atoms with Gasteiger partial charge in [0, 0.05) is 30.6 Å². The number of fused-ring (bicyclic) bond motifs is 1. The van der Waals surface area contributed by atoms with E-state index in [2.05, 4.69) is 17.2 Å². The molecule has 1 aliphatic heterocycles. The molecule has 0 amide bonds. The Kier molecular flexibility index (Phi) is 7.12. The number of rotatable bonds is 4. The maximum atomic E-state index is 13.3. The molecule has 156 valence electrons. The fourth-order valence-electron chi connectivity index (χ4n) is 2.97. The first-order valence-electron chi connectivity index (χ1n) is 9.33. The van der Waals surface area contributed by atoms with Crippen LogP contribution in [0.1, 0.15) is 33.3 Å². The molecule has 0 aromatic heterocycles. The van der Waals surface area contributed by atoms with E-state index >= 15 is 0 Å². The van der Waals surface area contributed by atoms with Gasteiger partial charge in [-0.2, -0.15) is 4.31 Å². The molecule has 1 heterocycles. The number of aliphatic hydroxyl groups is 2. The maximum Gasteiger partial charge on any atom is 0.247 e. The Balaban J connectivity index is 2.61. The molecule has 2 rings (SSSR count). The summed E-state index contributed by atoms with van der Waals surface area (Å²) in [5.74, 6) is 5.70. The summed E-state index contributed by atoms with van der Waals surface area (Å²) in [7, 11) is -2.04. The highest BCUT2D eigenvalue weighted by molar-refractivity contribution is 7.89. The Morgan fingerprint density at radius 1 is 1.43 bits per heavy atom. The van der Waals surface area contributed by atoms with Crippen LogP contribution < -0.4 is 10.1 Å². The monoisotopic (exact) mass is 410 g/mol. The lowest BCUT2D eigenvalue weighted by Crippen LogP contribution is -2.49. The summed E-state index contributed by atoms with van der Waals surface area (Å²) in [6.45, 7) is 7.28. The predicted molar refractivity (Wildman–Crippen MR) is 108 cm³/mol. The van der Waals surface area contributed by atoms with Gasteiger partial charge >= 0.3 is 0 Å². The third kappa shape index (κ3) is 5.25. The van der Waals surface area contributed by atoms with Gasteiger partial charge in [0.2, 0.25) is 10.0 Å². The minimum absolute atomic E-state index is 0.0506. The van der Waals surface area contributed by atoms with Crippen molar-refractivity contribution in [3.05, 3.63) is 23.8 Å². The molecule has 1 aromatic rings. The smallest absolute Gasteiger partial charge is 0.247 e. The highest BCUT2D eigenvalue weighted by Gasteiger charge is 2.37. The van der Waals surface area contributed by atoms with Gasteiger partial charge in [-0.3, -0.25) is 0 Å². The van der Waals surface area contributed by atoms with Crippen LogP contribution in [0.2, 0.25) is 0 Å². The molecular weight excluding hydrogens is 380 g/mol. The van der Waals surface area contributed by atoms with Crippen molar-refractivity contribution in [2.45, 2.75) is 50.3 Å². The van der Waals surface area contributed by atoms with Gasteiger partial charge in [-0.25, -0.2) is 8.42 Å². The van der Waals surface area contributed by atoms with E-state index in [1.54, 1.807) is 32.9 Å². The Morgan fingerprint density at radius 2 is 2.11 bits per heavy atom. The second-order valence-corrected chi connectivity index (χ2v) is 9.63. The quantitative estimate of drug-likeness (QED) is 0.635. The molecule has 3 N–H and O–H groups in total. The minimum Gasteiger partial charge on any atom is -0.487 e. The molecule has 0 spiro atoms. The molecule has 0 fully saturated rings. The van der Waals surface area contributed by atoms with Gasteiger partial charge in [0.1, 0.15) is 22.4 Å². The van der Waals surface area contributed by atoms with E-state index in [-0.39, 0.29) is 35.8 Å². The number of nitrogens with one attached hydrogen (secondary N) is 1. The van der Waals surface area contributed by atoms with Crippen LogP contribution in [0, 0.1) is 17.8 Å². The molecule has 3 atom stereocenters. The lowest BCUT2D eigenvalue weighted by atomic mass is 10.0. The number of nitrogens with zero attached hydrogens (tertiary/aromatic N) is 1. The second-order valence-electron chi connectivity index (χ2n) is 7.77. The van der Waals surface area contributed by atoms with Crippen LogP contribution in [0.3, 0.4) is 0 Å². The maximum absolute atomic E-state index is 13.3. The van der Waals surface area contributed by atoms with Crippen LogP contribution in [-0.4, -0.2) is 67.4 Å². The topological polar surface area (TPSA) is 99.1 Å². The standard InChI is InChI=1S/C20H30N2O5S/c1-14-12-22(15(2)13-23)28(25,26)19-7-6-16(8-9-20(3,4)24)10-17(19)27-18(14)11-21-5/h6-7,10,14-15,18,21,23-24H,11-13H2,1-5H3/t14-,15-,18+/m0/s1. The Labute approximate surface area is 167 Å². The van der Waals surface area contributed by atoms with Crippen molar-refractivity contribution in [2.75, 3.05) is 26.7 Å². The molecule has 0 saturated heterocycles. The van der Waals surface area contributed by atoms with Gasteiger partial charge in [-0.1, -0.05) is 18.8 Å².